The van der Waals surface area contributed by atoms with Crippen molar-refractivity contribution in [2.24, 2.45) is 23.7 Å². The van der Waals surface area contributed by atoms with Gasteiger partial charge in [0.15, 0.2) is 0 Å². The molecule has 4 atom stereocenters. The third kappa shape index (κ3) is 1.69. The van der Waals surface area contributed by atoms with E-state index in [4.69, 9.17) is 0 Å². The van der Waals surface area contributed by atoms with Crippen LogP contribution in [-0.2, 0) is 10.0 Å². The predicted octanol–water partition coefficient (Wildman–Crippen LogP) is 2.32. The first kappa shape index (κ1) is 11.9. The van der Waals surface area contributed by atoms with Gasteiger partial charge in [-0.1, -0.05) is 18.2 Å². The highest BCUT2D eigenvalue weighted by Gasteiger charge is 2.65. The Morgan fingerprint density at radius 3 is 2.37 bits per heavy atom. The summed E-state index contributed by atoms with van der Waals surface area (Å²) < 4.78 is 27.9. The van der Waals surface area contributed by atoms with Crippen molar-refractivity contribution < 1.29 is 8.42 Å². The maximum absolute atomic E-state index is 12.5. The van der Waals surface area contributed by atoms with Gasteiger partial charge < -0.3 is 0 Å². The van der Waals surface area contributed by atoms with Crippen LogP contribution in [0.1, 0.15) is 24.8 Å². The first-order valence-corrected chi connectivity index (χ1v) is 8.64. The van der Waals surface area contributed by atoms with Gasteiger partial charge in [0.05, 0.1) is 4.90 Å². The monoisotopic (exact) mass is 277 g/mol. The number of hydrogen-bond acceptors (Lipinski definition) is 2. The zero-order chi connectivity index (χ0) is 13.2. The van der Waals surface area contributed by atoms with Gasteiger partial charge in [-0.15, -0.1) is 0 Å². The summed E-state index contributed by atoms with van der Waals surface area (Å²) in [5.41, 5.74) is 0.823. The molecule has 2 bridgehead atoms. The fraction of sp³-hybridized carbons (Fsp3) is 0.600. The van der Waals surface area contributed by atoms with E-state index < -0.39 is 10.0 Å². The quantitative estimate of drug-likeness (QED) is 0.921. The van der Waals surface area contributed by atoms with E-state index >= 15 is 0 Å². The Balaban J connectivity index is 1.57. The summed E-state index contributed by atoms with van der Waals surface area (Å²) in [6.45, 7) is 1.85. The van der Waals surface area contributed by atoms with Crippen LogP contribution < -0.4 is 4.72 Å². The Morgan fingerprint density at radius 1 is 1.11 bits per heavy atom. The van der Waals surface area contributed by atoms with Crippen molar-refractivity contribution in [3.8, 4) is 0 Å². The second kappa shape index (κ2) is 3.83. The van der Waals surface area contributed by atoms with Crippen molar-refractivity contribution in [3.05, 3.63) is 29.8 Å². The van der Waals surface area contributed by atoms with Gasteiger partial charge >= 0.3 is 0 Å². The van der Waals surface area contributed by atoms with E-state index in [1.54, 1.807) is 12.1 Å². The smallest absolute Gasteiger partial charge is 0.207 e. The first-order valence-electron chi connectivity index (χ1n) is 7.16. The van der Waals surface area contributed by atoms with Gasteiger partial charge in [0, 0.05) is 6.04 Å². The van der Waals surface area contributed by atoms with Gasteiger partial charge in [0.1, 0.15) is 0 Å². The summed E-state index contributed by atoms with van der Waals surface area (Å²) >= 11 is 0. The molecule has 0 amide bonds. The topological polar surface area (TPSA) is 46.2 Å². The Hall–Kier alpha value is -0.870. The maximum Gasteiger partial charge on any atom is 0.241 e. The number of benzene rings is 1. The Morgan fingerprint density at radius 2 is 1.74 bits per heavy atom. The van der Waals surface area contributed by atoms with Crippen LogP contribution in [0.2, 0.25) is 0 Å². The van der Waals surface area contributed by atoms with Crippen LogP contribution in [0, 0.1) is 30.6 Å². The third-order valence-corrected chi connectivity index (χ3v) is 7.03. The minimum Gasteiger partial charge on any atom is -0.207 e. The highest BCUT2D eigenvalue weighted by atomic mass is 32.2. The van der Waals surface area contributed by atoms with Crippen LogP contribution in [0.3, 0.4) is 0 Å². The summed E-state index contributed by atoms with van der Waals surface area (Å²) in [5.74, 6) is 2.86. The maximum atomic E-state index is 12.5. The minimum absolute atomic E-state index is 0.218. The summed E-state index contributed by atoms with van der Waals surface area (Å²) in [6, 6.07) is 7.44. The van der Waals surface area contributed by atoms with E-state index in [0.29, 0.717) is 16.7 Å². The van der Waals surface area contributed by atoms with Gasteiger partial charge in [-0.25, -0.2) is 13.1 Å². The molecule has 3 aliphatic carbocycles. The zero-order valence-electron chi connectivity index (χ0n) is 11.0. The van der Waals surface area contributed by atoms with Gasteiger partial charge in [0.25, 0.3) is 0 Å². The highest BCUT2D eigenvalue weighted by Crippen LogP contribution is 2.65. The second-order valence-corrected chi connectivity index (χ2v) is 8.08. The molecule has 3 aliphatic rings. The predicted molar refractivity (Wildman–Crippen MR) is 73.1 cm³/mol. The molecule has 0 aromatic heterocycles. The van der Waals surface area contributed by atoms with Gasteiger partial charge in [-0.2, -0.15) is 0 Å². The molecule has 0 aliphatic heterocycles. The fourth-order valence-electron chi connectivity index (χ4n) is 4.58. The molecule has 0 saturated heterocycles. The number of nitrogens with one attached hydrogen (secondary N) is 1. The summed E-state index contributed by atoms with van der Waals surface area (Å²) in [5, 5.41) is 0. The van der Waals surface area contributed by atoms with Gasteiger partial charge in [-0.05, 0) is 61.5 Å². The molecule has 0 heterocycles. The standard InChI is InChI=1S/C15H19NO2S/c1-9-4-2-3-5-12(9)19(17,18)16-15-13-10-6-7-11(8-10)14(13)15/h2-5,10-11,13-16H,6-8H2,1H3. The van der Waals surface area contributed by atoms with Gasteiger partial charge in [0.2, 0.25) is 10.0 Å². The van der Waals surface area contributed by atoms with Crippen molar-refractivity contribution in [3.63, 3.8) is 0 Å². The fourth-order valence-corrected chi connectivity index (χ4v) is 6.13. The van der Waals surface area contributed by atoms with Crippen molar-refractivity contribution in [2.75, 3.05) is 0 Å². The number of sulfonamides is 1. The summed E-state index contributed by atoms with van der Waals surface area (Å²) in [4.78, 5) is 0.437. The minimum atomic E-state index is -3.34. The first-order chi connectivity index (χ1) is 9.08. The second-order valence-electron chi connectivity index (χ2n) is 6.40. The molecule has 4 heteroatoms. The molecule has 1 aromatic rings. The third-order valence-electron chi connectivity index (χ3n) is 5.41. The molecule has 3 saturated carbocycles. The Kier molecular flexibility index (Phi) is 2.40. The lowest BCUT2D eigenvalue weighted by molar-refractivity contribution is 0.456. The van der Waals surface area contributed by atoms with E-state index in [-0.39, 0.29) is 6.04 Å². The highest BCUT2D eigenvalue weighted by molar-refractivity contribution is 7.89. The lowest BCUT2D eigenvalue weighted by Crippen LogP contribution is -2.30. The average molecular weight is 277 g/mol. The van der Waals surface area contributed by atoms with Crippen molar-refractivity contribution >= 4 is 10.0 Å². The lowest BCUT2D eigenvalue weighted by Gasteiger charge is -2.12. The Labute approximate surface area is 114 Å². The largest absolute Gasteiger partial charge is 0.241 e. The zero-order valence-corrected chi connectivity index (χ0v) is 11.9. The number of aryl methyl sites for hydroxylation is 1. The summed E-state index contributed by atoms with van der Waals surface area (Å²) in [6.07, 6.45) is 3.97. The molecule has 102 valence electrons. The molecule has 0 radical (unpaired) electrons. The molecule has 0 spiro atoms. The van der Waals surface area contributed by atoms with Crippen LogP contribution in [0.5, 0.6) is 0 Å². The molecule has 4 unspecified atom stereocenters. The molecule has 3 nitrogen and oxygen atoms in total. The van der Waals surface area contributed by atoms with E-state index in [9.17, 15) is 8.42 Å². The Bertz CT molecular complexity index is 609. The molecule has 4 rings (SSSR count). The van der Waals surface area contributed by atoms with E-state index in [1.165, 1.54) is 19.3 Å². The molecular weight excluding hydrogens is 258 g/mol. The average Bonchev–Trinajstić information content (AvgIpc) is 2.77. The molecule has 3 fully saturated rings. The van der Waals surface area contributed by atoms with E-state index in [2.05, 4.69) is 4.72 Å². The van der Waals surface area contributed by atoms with Crippen LogP contribution in [0.4, 0.5) is 0 Å². The van der Waals surface area contributed by atoms with E-state index in [1.807, 2.05) is 19.1 Å². The van der Waals surface area contributed by atoms with Crippen LogP contribution in [-0.4, -0.2) is 14.5 Å². The summed E-state index contributed by atoms with van der Waals surface area (Å²) in [7, 11) is -3.34. The SMILES string of the molecule is Cc1ccccc1S(=O)(=O)NC1C2C3CCC(C3)C12. The van der Waals surface area contributed by atoms with Crippen molar-refractivity contribution in [1.29, 1.82) is 0 Å². The number of fused-ring (bicyclic) bond motifs is 5. The van der Waals surface area contributed by atoms with E-state index in [0.717, 1.165) is 17.4 Å². The van der Waals surface area contributed by atoms with Gasteiger partial charge in [-0.3, -0.25) is 0 Å². The molecule has 1 N–H and O–H groups in total. The van der Waals surface area contributed by atoms with Crippen molar-refractivity contribution in [2.45, 2.75) is 37.1 Å². The van der Waals surface area contributed by atoms with Crippen LogP contribution in [0.15, 0.2) is 29.2 Å². The molecule has 19 heavy (non-hydrogen) atoms. The number of hydrogen-bond donors (Lipinski definition) is 1. The van der Waals surface area contributed by atoms with Crippen LogP contribution >= 0.6 is 0 Å². The lowest BCUT2D eigenvalue weighted by atomic mass is 10.0. The normalized spacial score (nSPS) is 39.3. The van der Waals surface area contributed by atoms with Crippen LogP contribution in [0.25, 0.3) is 0 Å². The number of rotatable bonds is 3. The molecule has 1 aromatic carbocycles. The molecular formula is C15H19NO2S. The van der Waals surface area contributed by atoms with Crippen molar-refractivity contribution in [1.82, 2.24) is 4.72 Å².